The van der Waals surface area contributed by atoms with E-state index in [1.54, 1.807) is 6.20 Å². The minimum absolute atomic E-state index is 0.272. The third-order valence-corrected chi connectivity index (χ3v) is 6.55. The summed E-state index contributed by atoms with van der Waals surface area (Å²) in [5, 5.41) is 0. The van der Waals surface area contributed by atoms with Gasteiger partial charge in [-0.3, -0.25) is 9.55 Å². The van der Waals surface area contributed by atoms with Crippen LogP contribution < -0.4 is 10.5 Å². The van der Waals surface area contributed by atoms with Crippen LogP contribution in [0.5, 0.6) is 6.01 Å². The summed E-state index contributed by atoms with van der Waals surface area (Å²) in [5.74, 6) is 2.30. The van der Waals surface area contributed by atoms with Crippen molar-refractivity contribution in [1.82, 2.24) is 34.1 Å². The third kappa shape index (κ3) is 5.48. The van der Waals surface area contributed by atoms with Crippen molar-refractivity contribution in [3.05, 3.63) is 42.0 Å². The highest BCUT2D eigenvalue weighted by Gasteiger charge is 2.20. The standard InChI is InChI=1S/C23H32N8O2S/c1-6-33-23-27-18-19(24)28-20(22-25-9-10-30(22)15-32-11-12-34(3,4)5)29-21(18)31(23)14-17-8-7-16(2)26-13-17/h7-10,13H,6,11-12,14-15H2,1-5H3,(H2,24,28,29). The van der Waals surface area contributed by atoms with Crippen molar-refractivity contribution >= 4 is 27.0 Å². The second-order valence-corrected chi connectivity index (χ2v) is 13.5. The lowest BCUT2D eigenvalue weighted by Crippen LogP contribution is -2.11. The van der Waals surface area contributed by atoms with Crippen LogP contribution in [0.4, 0.5) is 5.82 Å². The molecule has 2 N–H and O–H groups in total. The zero-order valence-corrected chi connectivity index (χ0v) is 21.2. The number of fused-ring (bicyclic) bond motifs is 1. The molecule has 4 rings (SSSR count). The van der Waals surface area contributed by atoms with Gasteiger partial charge in [0.15, 0.2) is 28.6 Å². The molecular weight excluding hydrogens is 452 g/mol. The molecule has 0 spiro atoms. The molecule has 0 aromatic carbocycles. The summed E-state index contributed by atoms with van der Waals surface area (Å²) >= 11 is 0. The fourth-order valence-electron chi connectivity index (χ4n) is 3.35. The predicted molar refractivity (Wildman–Crippen MR) is 136 cm³/mol. The number of nitrogens with zero attached hydrogens (tertiary/aromatic N) is 7. The number of ether oxygens (including phenoxy) is 2. The fourth-order valence-corrected chi connectivity index (χ4v) is 3.97. The van der Waals surface area contributed by atoms with Crippen LogP contribution in [0.25, 0.3) is 22.8 Å². The first-order valence-corrected chi connectivity index (χ1v) is 14.1. The van der Waals surface area contributed by atoms with Gasteiger partial charge in [-0.05, 0) is 44.2 Å². The van der Waals surface area contributed by atoms with E-state index in [0.29, 0.717) is 55.3 Å². The highest BCUT2D eigenvalue weighted by Crippen LogP contribution is 2.33. The van der Waals surface area contributed by atoms with E-state index in [-0.39, 0.29) is 5.82 Å². The van der Waals surface area contributed by atoms with E-state index < -0.39 is 10.0 Å². The van der Waals surface area contributed by atoms with E-state index in [2.05, 4.69) is 38.7 Å². The molecule has 0 unspecified atom stereocenters. The third-order valence-electron chi connectivity index (χ3n) is 5.16. The molecule has 0 aliphatic rings. The lowest BCUT2D eigenvalue weighted by atomic mass is 10.2. The summed E-state index contributed by atoms with van der Waals surface area (Å²) in [4.78, 5) is 22.7. The zero-order valence-electron chi connectivity index (χ0n) is 20.4. The summed E-state index contributed by atoms with van der Waals surface area (Å²) in [7, 11) is -0.610. The minimum atomic E-state index is -0.610. The highest BCUT2D eigenvalue weighted by atomic mass is 32.3. The molecule has 0 aliphatic carbocycles. The normalized spacial score (nSPS) is 12.4. The van der Waals surface area contributed by atoms with Crippen molar-refractivity contribution in [2.75, 3.05) is 43.5 Å². The summed E-state index contributed by atoms with van der Waals surface area (Å²) in [5.41, 5.74) is 9.35. The van der Waals surface area contributed by atoms with Gasteiger partial charge in [-0.2, -0.15) is 4.98 Å². The molecule has 11 heteroatoms. The summed E-state index contributed by atoms with van der Waals surface area (Å²) < 4.78 is 15.5. The Labute approximate surface area is 200 Å². The van der Waals surface area contributed by atoms with Crippen LogP contribution in [0.1, 0.15) is 18.2 Å². The molecule has 4 heterocycles. The SMILES string of the molecule is CCOc1nc2c(N)nc(-c3nccn3COCCS(C)(C)C)nc2n1Cc1ccc(C)nc1. The van der Waals surface area contributed by atoms with Gasteiger partial charge in [-0.25, -0.2) is 25.0 Å². The number of hydrogen-bond acceptors (Lipinski definition) is 8. The Morgan fingerprint density at radius 1 is 1.09 bits per heavy atom. The molecular formula is C23H32N8O2S. The summed E-state index contributed by atoms with van der Waals surface area (Å²) in [6.07, 6.45) is 12.2. The maximum atomic E-state index is 6.31. The van der Waals surface area contributed by atoms with E-state index in [4.69, 9.17) is 20.2 Å². The number of imidazole rings is 2. The van der Waals surface area contributed by atoms with Crippen LogP contribution in [0.15, 0.2) is 30.7 Å². The first-order chi connectivity index (χ1) is 16.2. The van der Waals surface area contributed by atoms with Crippen LogP contribution in [0.3, 0.4) is 0 Å². The Kier molecular flexibility index (Phi) is 7.03. The maximum absolute atomic E-state index is 6.31. The van der Waals surface area contributed by atoms with Gasteiger partial charge in [0.25, 0.3) is 6.01 Å². The number of rotatable bonds is 10. The van der Waals surface area contributed by atoms with Gasteiger partial charge in [0.05, 0.1) is 19.8 Å². The minimum Gasteiger partial charge on any atom is -0.465 e. The highest BCUT2D eigenvalue weighted by molar-refractivity contribution is 8.32. The Hall–Kier alpha value is -3.18. The second kappa shape index (κ2) is 9.98. The van der Waals surface area contributed by atoms with Gasteiger partial charge in [0.2, 0.25) is 0 Å². The number of hydrogen-bond donors (Lipinski definition) is 1. The van der Waals surface area contributed by atoms with Crippen LogP contribution in [-0.4, -0.2) is 71.8 Å². The van der Waals surface area contributed by atoms with Crippen LogP contribution in [-0.2, 0) is 18.0 Å². The molecule has 0 fully saturated rings. The van der Waals surface area contributed by atoms with E-state index in [1.165, 1.54) is 0 Å². The van der Waals surface area contributed by atoms with Crippen molar-refractivity contribution in [3.8, 4) is 17.7 Å². The summed E-state index contributed by atoms with van der Waals surface area (Å²) in [6, 6.07) is 4.44. The molecule has 0 saturated carbocycles. The van der Waals surface area contributed by atoms with Crippen molar-refractivity contribution in [1.29, 1.82) is 0 Å². The Morgan fingerprint density at radius 2 is 1.91 bits per heavy atom. The molecule has 0 bridgehead atoms. The Bertz CT molecular complexity index is 1260. The fraction of sp³-hybridized carbons (Fsp3) is 0.435. The Morgan fingerprint density at radius 3 is 2.62 bits per heavy atom. The number of nitrogens with two attached hydrogens (primary N) is 1. The molecule has 182 valence electrons. The molecule has 0 radical (unpaired) electrons. The molecule has 0 saturated heterocycles. The van der Waals surface area contributed by atoms with Crippen molar-refractivity contribution < 1.29 is 9.47 Å². The molecule has 0 atom stereocenters. The lowest BCUT2D eigenvalue weighted by molar-refractivity contribution is 0.0906. The smallest absolute Gasteiger partial charge is 0.299 e. The number of nitrogen functional groups attached to an aromatic ring is 1. The Balaban J connectivity index is 1.68. The topological polar surface area (TPSA) is 119 Å². The molecule has 34 heavy (non-hydrogen) atoms. The quantitative estimate of drug-likeness (QED) is 0.341. The molecule has 10 nitrogen and oxygen atoms in total. The van der Waals surface area contributed by atoms with E-state index in [0.717, 1.165) is 17.0 Å². The van der Waals surface area contributed by atoms with E-state index >= 15 is 0 Å². The van der Waals surface area contributed by atoms with Gasteiger partial charge in [-0.15, -0.1) is 0 Å². The number of anilines is 1. The van der Waals surface area contributed by atoms with Crippen LogP contribution in [0.2, 0.25) is 0 Å². The van der Waals surface area contributed by atoms with Gasteiger partial charge in [-0.1, -0.05) is 6.07 Å². The largest absolute Gasteiger partial charge is 0.465 e. The first kappa shape index (κ1) is 24.0. The average Bonchev–Trinajstić information content (AvgIpc) is 3.38. The van der Waals surface area contributed by atoms with Gasteiger partial charge >= 0.3 is 0 Å². The molecule has 0 amide bonds. The molecule has 0 aliphatic heterocycles. The van der Waals surface area contributed by atoms with E-state index in [9.17, 15) is 0 Å². The van der Waals surface area contributed by atoms with Crippen molar-refractivity contribution in [2.45, 2.75) is 27.1 Å². The second-order valence-electron chi connectivity index (χ2n) is 8.88. The molecule has 4 aromatic rings. The number of pyridine rings is 1. The monoisotopic (exact) mass is 484 g/mol. The average molecular weight is 485 g/mol. The van der Waals surface area contributed by atoms with Crippen LogP contribution in [0, 0.1) is 6.92 Å². The number of aryl methyl sites for hydroxylation is 1. The zero-order chi connectivity index (χ0) is 24.3. The van der Waals surface area contributed by atoms with Crippen molar-refractivity contribution in [2.24, 2.45) is 0 Å². The lowest BCUT2D eigenvalue weighted by Gasteiger charge is -2.24. The van der Waals surface area contributed by atoms with Gasteiger partial charge in [0, 0.05) is 30.0 Å². The maximum Gasteiger partial charge on any atom is 0.299 e. The summed E-state index contributed by atoms with van der Waals surface area (Å²) in [6.45, 7) is 5.88. The van der Waals surface area contributed by atoms with E-state index in [1.807, 2.05) is 47.5 Å². The first-order valence-electron chi connectivity index (χ1n) is 11.1. The molecule has 4 aromatic heterocycles. The van der Waals surface area contributed by atoms with Gasteiger partial charge < -0.3 is 19.8 Å². The van der Waals surface area contributed by atoms with Gasteiger partial charge in [0.1, 0.15) is 6.73 Å². The predicted octanol–water partition coefficient (Wildman–Crippen LogP) is 3.09. The number of aromatic nitrogens is 7. The van der Waals surface area contributed by atoms with Crippen molar-refractivity contribution in [3.63, 3.8) is 0 Å². The van der Waals surface area contributed by atoms with Crippen LogP contribution >= 0.6 is 10.0 Å².